The summed E-state index contributed by atoms with van der Waals surface area (Å²) in [5.74, 6) is -0.958. The van der Waals surface area contributed by atoms with Crippen molar-refractivity contribution >= 4 is 0 Å². The maximum Gasteiger partial charge on any atom is 0.395 e. The summed E-state index contributed by atoms with van der Waals surface area (Å²) in [5, 5.41) is 0. The molecule has 0 saturated heterocycles. The molecule has 0 aliphatic heterocycles. The molecule has 0 nitrogen and oxygen atoms in total. The second-order valence-corrected chi connectivity index (χ2v) is 4.29. The van der Waals surface area contributed by atoms with Gasteiger partial charge < -0.3 is 0 Å². The lowest BCUT2D eigenvalue weighted by Crippen LogP contribution is -2.20. The monoisotopic (exact) mass is 206 g/mol. The Hall–Kier alpha value is -0.470. The van der Waals surface area contributed by atoms with Gasteiger partial charge in [-0.15, -0.1) is 0 Å². The molecule has 0 saturated carbocycles. The van der Waals surface area contributed by atoms with Gasteiger partial charge in [0.2, 0.25) is 0 Å². The molecule has 14 heavy (non-hydrogen) atoms. The average Bonchev–Trinajstić information content (AvgIpc) is 2.26. The topological polar surface area (TPSA) is 0 Å². The summed E-state index contributed by atoms with van der Waals surface area (Å²) >= 11 is 0. The van der Waals surface area contributed by atoms with E-state index in [4.69, 9.17) is 0 Å². The van der Waals surface area contributed by atoms with Crippen LogP contribution in [0, 0.1) is 11.8 Å². The van der Waals surface area contributed by atoms with Gasteiger partial charge in [0.25, 0.3) is 0 Å². The van der Waals surface area contributed by atoms with Crippen molar-refractivity contribution in [1.29, 1.82) is 0 Å². The highest BCUT2D eigenvalue weighted by Crippen LogP contribution is 2.36. The van der Waals surface area contributed by atoms with Gasteiger partial charge in [-0.3, -0.25) is 0 Å². The van der Waals surface area contributed by atoms with E-state index in [-0.39, 0.29) is 12.3 Å². The molecule has 3 heteroatoms. The first kappa shape index (κ1) is 11.6. The molecule has 82 valence electrons. The van der Waals surface area contributed by atoms with Gasteiger partial charge in [-0.25, -0.2) is 0 Å². The molecular formula is C11H17F3. The fraction of sp³-hybridized carbons (Fsp3) is 0.818. The van der Waals surface area contributed by atoms with E-state index in [0.717, 1.165) is 18.4 Å². The van der Waals surface area contributed by atoms with Gasteiger partial charge in [0.15, 0.2) is 0 Å². The molecule has 0 amide bonds. The Balaban J connectivity index is 2.80. The second-order valence-electron chi connectivity index (χ2n) is 4.29. The first-order chi connectivity index (χ1) is 6.41. The fourth-order valence-corrected chi connectivity index (χ4v) is 1.86. The van der Waals surface area contributed by atoms with Crippen LogP contribution in [0.15, 0.2) is 11.6 Å². The molecule has 0 N–H and O–H groups in total. The van der Waals surface area contributed by atoms with Crippen molar-refractivity contribution in [2.75, 3.05) is 0 Å². The smallest absolute Gasteiger partial charge is 0.170 e. The quantitative estimate of drug-likeness (QED) is 0.560. The molecule has 1 aliphatic rings. The summed E-state index contributed by atoms with van der Waals surface area (Å²) in [6, 6.07) is 0. The lowest BCUT2D eigenvalue weighted by molar-refractivity contribution is -0.162. The molecule has 0 radical (unpaired) electrons. The zero-order valence-electron chi connectivity index (χ0n) is 8.69. The highest BCUT2D eigenvalue weighted by Gasteiger charge is 2.38. The lowest BCUT2D eigenvalue weighted by Gasteiger charge is -2.16. The minimum absolute atomic E-state index is 0.248. The van der Waals surface area contributed by atoms with Crippen LogP contribution in [-0.2, 0) is 0 Å². The molecule has 0 spiro atoms. The first-order valence-corrected chi connectivity index (χ1v) is 5.18. The Morgan fingerprint density at radius 3 is 2.43 bits per heavy atom. The van der Waals surface area contributed by atoms with Crippen molar-refractivity contribution in [3.05, 3.63) is 11.6 Å². The van der Waals surface area contributed by atoms with Gasteiger partial charge in [-0.2, -0.15) is 13.2 Å². The summed E-state index contributed by atoms with van der Waals surface area (Å²) < 4.78 is 37.5. The molecule has 0 aromatic carbocycles. The molecular weight excluding hydrogens is 189 g/mol. The molecule has 1 unspecified atom stereocenters. The number of allylic oxidation sites excluding steroid dienone is 2. The summed E-state index contributed by atoms with van der Waals surface area (Å²) in [5.41, 5.74) is 0.977. The van der Waals surface area contributed by atoms with Crippen LogP contribution in [0.3, 0.4) is 0 Å². The van der Waals surface area contributed by atoms with Crippen LogP contribution in [0.25, 0.3) is 0 Å². The average molecular weight is 206 g/mol. The van der Waals surface area contributed by atoms with E-state index in [1.165, 1.54) is 6.08 Å². The van der Waals surface area contributed by atoms with Crippen LogP contribution in [0.4, 0.5) is 13.2 Å². The van der Waals surface area contributed by atoms with Crippen molar-refractivity contribution in [3.63, 3.8) is 0 Å². The Morgan fingerprint density at radius 2 is 1.93 bits per heavy atom. The van der Waals surface area contributed by atoms with Crippen LogP contribution < -0.4 is 0 Å². The third-order valence-electron chi connectivity index (χ3n) is 2.81. The predicted octanol–water partition coefficient (Wildman–Crippen LogP) is 4.32. The highest BCUT2D eigenvalue weighted by molar-refractivity contribution is 5.10. The molecule has 0 bridgehead atoms. The normalized spacial score (nSPS) is 24.7. The standard InChI is InChI=1S/C11H17F3/c1-8(2)9-5-3-4-6-10(7-9)11(12,13)14/h7-8,10H,3-6H2,1-2H3. The Kier molecular flexibility index (Phi) is 3.62. The SMILES string of the molecule is CC(C)C1=CC(C(F)(F)F)CCCC1. The summed E-state index contributed by atoms with van der Waals surface area (Å²) in [4.78, 5) is 0. The molecule has 1 aliphatic carbocycles. The molecule has 0 heterocycles. The van der Waals surface area contributed by atoms with Gasteiger partial charge in [0.05, 0.1) is 5.92 Å². The van der Waals surface area contributed by atoms with Crippen LogP contribution >= 0.6 is 0 Å². The van der Waals surface area contributed by atoms with E-state index in [1.54, 1.807) is 0 Å². The van der Waals surface area contributed by atoms with E-state index in [0.29, 0.717) is 6.42 Å². The minimum atomic E-state index is -4.05. The summed E-state index contributed by atoms with van der Waals surface area (Å²) in [6.07, 6.45) is 0.0968. The lowest BCUT2D eigenvalue weighted by atomic mass is 9.96. The summed E-state index contributed by atoms with van der Waals surface area (Å²) in [7, 11) is 0. The third kappa shape index (κ3) is 3.03. The van der Waals surface area contributed by atoms with Crippen molar-refractivity contribution in [3.8, 4) is 0 Å². The predicted molar refractivity (Wildman–Crippen MR) is 50.9 cm³/mol. The van der Waals surface area contributed by atoms with E-state index >= 15 is 0 Å². The van der Waals surface area contributed by atoms with E-state index in [2.05, 4.69) is 0 Å². The first-order valence-electron chi connectivity index (χ1n) is 5.18. The van der Waals surface area contributed by atoms with Crippen LogP contribution in [-0.4, -0.2) is 6.18 Å². The van der Waals surface area contributed by atoms with E-state index in [9.17, 15) is 13.2 Å². The van der Waals surface area contributed by atoms with Gasteiger partial charge >= 0.3 is 6.18 Å². The molecule has 0 aromatic heterocycles. The Morgan fingerprint density at radius 1 is 1.29 bits per heavy atom. The Bertz CT molecular complexity index is 213. The van der Waals surface area contributed by atoms with Crippen molar-refractivity contribution in [2.45, 2.75) is 45.7 Å². The van der Waals surface area contributed by atoms with Crippen molar-refractivity contribution < 1.29 is 13.2 Å². The van der Waals surface area contributed by atoms with Gasteiger partial charge in [0, 0.05) is 0 Å². The number of halogens is 3. The third-order valence-corrected chi connectivity index (χ3v) is 2.81. The minimum Gasteiger partial charge on any atom is -0.170 e. The number of hydrogen-bond donors (Lipinski definition) is 0. The van der Waals surface area contributed by atoms with Crippen molar-refractivity contribution in [2.24, 2.45) is 11.8 Å². The number of rotatable bonds is 1. The number of alkyl halides is 3. The molecule has 0 aromatic rings. The summed E-state index contributed by atoms with van der Waals surface area (Å²) in [6.45, 7) is 3.93. The Labute approximate surface area is 83.2 Å². The van der Waals surface area contributed by atoms with Gasteiger partial charge in [-0.1, -0.05) is 31.9 Å². The zero-order valence-corrected chi connectivity index (χ0v) is 8.69. The van der Waals surface area contributed by atoms with Gasteiger partial charge in [0.1, 0.15) is 0 Å². The molecule has 1 atom stereocenters. The van der Waals surface area contributed by atoms with Gasteiger partial charge in [-0.05, 0) is 25.2 Å². The number of hydrogen-bond acceptors (Lipinski definition) is 0. The second kappa shape index (κ2) is 4.37. The van der Waals surface area contributed by atoms with Crippen LogP contribution in [0.2, 0.25) is 0 Å². The largest absolute Gasteiger partial charge is 0.395 e. The zero-order chi connectivity index (χ0) is 10.8. The molecule has 1 rings (SSSR count). The highest BCUT2D eigenvalue weighted by atomic mass is 19.4. The van der Waals surface area contributed by atoms with E-state index < -0.39 is 12.1 Å². The van der Waals surface area contributed by atoms with Crippen LogP contribution in [0.5, 0.6) is 0 Å². The van der Waals surface area contributed by atoms with E-state index in [1.807, 2.05) is 13.8 Å². The van der Waals surface area contributed by atoms with Crippen LogP contribution in [0.1, 0.15) is 39.5 Å². The molecule has 0 fully saturated rings. The fourth-order valence-electron chi connectivity index (χ4n) is 1.86. The maximum atomic E-state index is 12.5. The van der Waals surface area contributed by atoms with Crippen molar-refractivity contribution in [1.82, 2.24) is 0 Å². The maximum absolute atomic E-state index is 12.5.